The second-order valence-electron chi connectivity index (χ2n) is 3.96. The van der Waals surface area contributed by atoms with Crippen LogP contribution in [0.25, 0.3) is 0 Å². The number of sulfonamides is 1. The molecule has 0 aliphatic carbocycles. The fraction of sp³-hybridized carbons (Fsp3) is 0.400. The summed E-state index contributed by atoms with van der Waals surface area (Å²) in [6, 6.07) is 4.51. The minimum atomic E-state index is -3.64. The Labute approximate surface area is 110 Å². The van der Waals surface area contributed by atoms with E-state index >= 15 is 0 Å². The molecule has 1 aliphatic heterocycles. The van der Waals surface area contributed by atoms with E-state index in [2.05, 4.69) is 0 Å². The standard InChI is InChI=1S/C10H12Cl2N2O2S/c11-8-2-1-3-9(12)10(8)17(15,16)14-5-4-7(13)6-14/h1-3,7H,4-6,13H2/t7-/m1/s1. The third-order valence-electron chi connectivity index (χ3n) is 2.70. The highest BCUT2D eigenvalue weighted by Gasteiger charge is 2.33. The molecule has 0 spiro atoms. The second-order valence-corrected chi connectivity index (χ2v) is 6.65. The molecule has 0 aromatic heterocycles. The van der Waals surface area contributed by atoms with Gasteiger partial charge in [0, 0.05) is 19.1 Å². The van der Waals surface area contributed by atoms with Gasteiger partial charge in [0.2, 0.25) is 10.0 Å². The number of hydrogen-bond acceptors (Lipinski definition) is 3. The summed E-state index contributed by atoms with van der Waals surface area (Å²) in [6.45, 7) is 0.717. The molecule has 0 bridgehead atoms. The fourth-order valence-electron chi connectivity index (χ4n) is 1.83. The maximum Gasteiger partial charge on any atom is 0.246 e. The Kier molecular flexibility index (Phi) is 3.66. The van der Waals surface area contributed by atoms with Crippen molar-refractivity contribution in [2.75, 3.05) is 13.1 Å². The Morgan fingerprint density at radius 2 is 1.88 bits per heavy atom. The van der Waals surface area contributed by atoms with Gasteiger partial charge in [-0.05, 0) is 18.6 Å². The predicted octanol–water partition coefficient (Wildman–Crippen LogP) is 1.72. The van der Waals surface area contributed by atoms with Crippen molar-refractivity contribution in [2.24, 2.45) is 5.73 Å². The minimum Gasteiger partial charge on any atom is -0.326 e. The van der Waals surface area contributed by atoms with Gasteiger partial charge >= 0.3 is 0 Å². The van der Waals surface area contributed by atoms with Gasteiger partial charge in [0.05, 0.1) is 10.0 Å². The lowest BCUT2D eigenvalue weighted by molar-refractivity contribution is 0.472. The van der Waals surface area contributed by atoms with E-state index in [-0.39, 0.29) is 21.0 Å². The first-order valence-electron chi connectivity index (χ1n) is 5.12. The third-order valence-corrected chi connectivity index (χ3v) is 5.53. The SMILES string of the molecule is N[C@@H]1CCN(S(=O)(=O)c2c(Cl)cccc2Cl)C1. The first-order chi connectivity index (χ1) is 7.93. The Hall–Kier alpha value is -0.330. The van der Waals surface area contributed by atoms with Gasteiger partial charge in [-0.15, -0.1) is 0 Å². The largest absolute Gasteiger partial charge is 0.326 e. The quantitative estimate of drug-likeness (QED) is 0.903. The van der Waals surface area contributed by atoms with Gasteiger partial charge in [-0.1, -0.05) is 29.3 Å². The normalized spacial score (nSPS) is 21.9. The summed E-state index contributed by atoms with van der Waals surface area (Å²) in [7, 11) is -3.64. The molecule has 7 heteroatoms. The lowest BCUT2D eigenvalue weighted by atomic mass is 10.3. The van der Waals surface area contributed by atoms with Crippen LogP contribution in [0, 0.1) is 0 Å². The third kappa shape index (κ3) is 2.44. The summed E-state index contributed by atoms with van der Waals surface area (Å²) in [4.78, 5) is -0.0302. The van der Waals surface area contributed by atoms with Gasteiger partial charge < -0.3 is 5.73 Å². The van der Waals surface area contributed by atoms with Crippen molar-refractivity contribution in [2.45, 2.75) is 17.4 Å². The number of halogens is 2. The van der Waals surface area contributed by atoms with Gasteiger partial charge in [0.1, 0.15) is 4.90 Å². The number of benzene rings is 1. The van der Waals surface area contributed by atoms with Gasteiger partial charge in [0.25, 0.3) is 0 Å². The average molecular weight is 295 g/mol. The lowest BCUT2D eigenvalue weighted by Crippen LogP contribution is -2.32. The minimum absolute atomic E-state index is 0.0302. The highest BCUT2D eigenvalue weighted by molar-refractivity contribution is 7.89. The fourth-order valence-corrected chi connectivity index (χ4v) is 4.43. The zero-order valence-corrected chi connectivity index (χ0v) is 11.3. The molecule has 94 valence electrons. The van der Waals surface area contributed by atoms with Crippen molar-refractivity contribution in [3.05, 3.63) is 28.2 Å². The highest BCUT2D eigenvalue weighted by atomic mass is 35.5. The molecule has 17 heavy (non-hydrogen) atoms. The van der Waals surface area contributed by atoms with Crippen LogP contribution in [0.5, 0.6) is 0 Å². The number of rotatable bonds is 2. The molecule has 0 saturated carbocycles. The smallest absolute Gasteiger partial charge is 0.246 e. The van der Waals surface area contributed by atoms with Crippen molar-refractivity contribution < 1.29 is 8.42 Å². The van der Waals surface area contributed by atoms with Gasteiger partial charge in [-0.3, -0.25) is 0 Å². The van der Waals surface area contributed by atoms with Crippen molar-refractivity contribution >= 4 is 33.2 Å². The van der Waals surface area contributed by atoms with E-state index < -0.39 is 10.0 Å². The van der Waals surface area contributed by atoms with E-state index in [1.54, 1.807) is 6.07 Å². The van der Waals surface area contributed by atoms with E-state index in [0.29, 0.717) is 19.5 Å². The molecular weight excluding hydrogens is 283 g/mol. The molecule has 1 heterocycles. The van der Waals surface area contributed by atoms with Crippen LogP contribution in [0.1, 0.15) is 6.42 Å². The Balaban J connectivity index is 2.45. The van der Waals surface area contributed by atoms with Crippen LogP contribution in [0.2, 0.25) is 10.0 Å². The summed E-state index contributed by atoms with van der Waals surface area (Å²) in [5.74, 6) is 0. The molecular formula is C10H12Cl2N2O2S. The first kappa shape index (κ1) is 13.1. The van der Waals surface area contributed by atoms with E-state index in [1.165, 1.54) is 16.4 Å². The van der Waals surface area contributed by atoms with Crippen molar-refractivity contribution in [3.63, 3.8) is 0 Å². The monoisotopic (exact) mass is 294 g/mol. The maximum atomic E-state index is 12.3. The molecule has 1 saturated heterocycles. The average Bonchev–Trinajstić information content (AvgIpc) is 2.64. The van der Waals surface area contributed by atoms with Gasteiger partial charge in [0.15, 0.2) is 0 Å². The number of hydrogen-bond donors (Lipinski definition) is 1. The molecule has 0 unspecified atom stereocenters. The number of nitrogens with two attached hydrogens (primary N) is 1. The predicted molar refractivity (Wildman–Crippen MR) is 67.8 cm³/mol. The summed E-state index contributed by atoms with van der Waals surface area (Å²) in [5.41, 5.74) is 5.70. The van der Waals surface area contributed by atoms with Crippen LogP contribution >= 0.6 is 23.2 Å². The van der Waals surface area contributed by atoms with Crippen LogP contribution < -0.4 is 5.73 Å². The van der Waals surface area contributed by atoms with Crippen LogP contribution in [-0.4, -0.2) is 31.9 Å². The molecule has 0 radical (unpaired) electrons. The molecule has 1 aliphatic rings. The van der Waals surface area contributed by atoms with Crippen LogP contribution in [-0.2, 0) is 10.0 Å². The molecule has 1 aromatic carbocycles. The Morgan fingerprint density at radius 3 is 2.35 bits per heavy atom. The Morgan fingerprint density at radius 1 is 1.29 bits per heavy atom. The van der Waals surface area contributed by atoms with E-state index in [4.69, 9.17) is 28.9 Å². The zero-order chi connectivity index (χ0) is 12.6. The van der Waals surface area contributed by atoms with E-state index in [0.717, 1.165) is 0 Å². The molecule has 2 N–H and O–H groups in total. The summed E-state index contributed by atoms with van der Waals surface area (Å²) in [6.07, 6.45) is 0.654. The second kappa shape index (κ2) is 4.74. The molecule has 1 atom stereocenters. The topological polar surface area (TPSA) is 63.4 Å². The number of nitrogens with zero attached hydrogens (tertiary/aromatic N) is 1. The lowest BCUT2D eigenvalue weighted by Gasteiger charge is -2.17. The molecule has 0 amide bonds. The molecule has 1 aromatic rings. The van der Waals surface area contributed by atoms with Gasteiger partial charge in [-0.25, -0.2) is 8.42 Å². The van der Waals surface area contributed by atoms with E-state index in [1.807, 2.05) is 0 Å². The van der Waals surface area contributed by atoms with E-state index in [9.17, 15) is 8.42 Å². The van der Waals surface area contributed by atoms with Crippen molar-refractivity contribution in [1.82, 2.24) is 4.31 Å². The molecule has 4 nitrogen and oxygen atoms in total. The van der Waals surface area contributed by atoms with Crippen LogP contribution in [0.4, 0.5) is 0 Å². The highest BCUT2D eigenvalue weighted by Crippen LogP contribution is 2.32. The van der Waals surface area contributed by atoms with Crippen molar-refractivity contribution in [1.29, 1.82) is 0 Å². The summed E-state index contributed by atoms with van der Waals surface area (Å²) < 4.78 is 26.0. The molecule has 2 rings (SSSR count). The van der Waals surface area contributed by atoms with Crippen LogP contribution in [0.3, 0.4) is 0 Å². The first-order valence-corrected chi connectivity index (χ1v) is 7.32. The Bertz CT molecular complexity index is 513. The van der Waals surface area contributed by atoms with Crippen LogP contribution in [0.15, 0.2) is 23.1 Å². The summed E-state index contributed by atoms with van der Waals surface area (Å²) >= 11 is 11.8. The molecule has 1 fully saturated rings. The van der Waals surface area contributed by atoms with Gasteiger partial charge in [-0.2, -0.15) is 4.31 Å². The van der Waals surface area contributed by atoms with Crippen molar-refractivity contribution in [3.8, 4) is 0 Å². The zero-order valence-electron chi connectivity index (χ0n) is 8.94. The summed E-state index contributed by atoms with van der Waals surface area (Å²) in [5, 5.41) is 0.274. The maximum absolute atomic E-state index is 12.3.